The summed E-state index contributed by atoms with van der Waals surface area (Å²) >= 11 is 0. The zero-order chi connectivity index (χ0) is 11.1. The minimum atomic E-state index is -1.26. The summed E-state index contributed by atoms with van der Waals surface area (Å²) in [5.74, 6) is -1.62. The van der Waals surface area contributed by atoms with E-state index in [1.165, 1.54) is 7.11 Å². The van der Waals surface area contributed by atoms with Crippen LogP contribution >= 0.6 is 0 Å². The van der Waals surface area contributed by atoms with Crippen molar-refractivity contribution in [2.24, 2.45) is 10.8 Å². The SMILES string of the molecule is COC(=O)C1(C(=O)O)CC12CCNCC2. The molecule has 1 spiro atoms. The number of hydrogen-bond donors (Lipinski definition) is 2. The first kappa shape index (κ1) is 10.4. The van der Waals surface area contributed by atoms with Crippen LogP contribution in [0.1, 0.15) is 19.3 Å². The maximum atomic E-state index is 11.6. The number of carboxylic acid groups (broad SMARTS) is 1. The Morgan fingerprint density at radius 3 is 2.40 bits per heavy atom. The Kier molecular flexibility index (Phi) is 2.22. The van der Waals surface area contributed by atoms with Crippen LogP contribution in [0.4, 0.5) is 0 Å². The van der Waals surface area contributed by atoms with E-state index in [0.29, 0.717) is 6.42 Å². The van der Waals surface area contributed by atoms with Crippen LogP contribution in [0.2, 0.25) is 0 Å². The molecule has 1 atom stereocenters. The van der Waals surface area contributed by atoms with Gasteiger partial charge in [0.25, 0.3) is 0 Å². The van der Waals surface area contributed by atoms with Crippen molar-refractivity contribution >= 4 is 11.9 Å². The van der Waals surface area contributed by atoms with Crippen LogP contribution in [0.5, 0.6) is 0 Å². The largest absolute Gasteiger partial charge is 0.480 e. The molecule has 1 heterocycles. The minimum absolute atomic E-state index is 0.350. The lowest BCUT2D eigenvalue weighted by molar-refractivity contribution is -0.161. The summed E-state index contributed by atoms with van der Waals surface area (Å²) in [5.41, 5.74) is -1.61. The van der Waals surface area contributed by atoms with Gasteiger partial charge < -0.3 is 15.2 Å². The summed E-state index contributed by atoms with van der Waals surface area (Å²) in [4.78, 5) is 22.8. The average molecular weight is 213 g/mol. The maximum Gasteiger partial charge on any atom is 0.323 e. The van der Waals surface area contributed by atoms with Crippen molar-refractivity contribution in [3.05, 3.63) is 0 Å². The van der Waals surface area contributed by atoms with Crippen molar-refractivity contribution in [2.75, 3.05) is 20.2 Å². The number of methoxy groups -OCH3 is 1. The van der Waals surface area contributed by atoms with Crippen molar-refractivity contribution < 1.29 is 19.4 Å². The van der Waals surface area contributed by atoms with Gasteiger partial charge in [-0.15, -0.1) is 0 Å². The van der Waals surface area contributed by atoms with Crippen molar-refractivity contribution in [1.82, 2.24) is 5.32 Å². The van der Waals surface area contributed by atoms with Crippen LogP contribution in [-0.2, 0) is 14.3 Å². The predicted octanol–water partition coefficient (Wildman–Crippen LogP) is 0.00390. The Morgan fingerprint density at radius 2 is 1.93 bits per heavy atom. The molecule has 0 amide bonds. The van der Waals surface area contributed by atoms with Gasteiger partial charge in [-0.2, -0.15) is 0 Å². The fraction of sp³-hybridized carbons (Fsp3) is 0.800. The van der Waals surface area contributed by atoms with Crippen LogP contribution in [0.25, 0.3) is 0 Å². The lowest BCUT2D eigenvalue weighted by atomic mass is 9.84. The zero-order valence-corrected chi connectivity index (χ0v) is 8.71. The van der Waals surface area contributed by atoms with E-state index in [1.54, 1.807) is 0 Å². The van der Waals surface area contributed by atoms with Gasteiger partial charge in [-0.3, -0.25) is 9.59 Å². The first-order valence-electron chi connectivity index (χ1n) is 5.12. The van der Waals surface area contributed by atoms with E-state index in [2.05, 4.69) is 10.1 Å². The van der Waals surface area contributed by atoms with E-state index >= 15 is 0 Å². The smallest absolute Gasteiger partial charge is 0.323 e. The van der Waals surface area contributed by atoms with Gasteiger partial charge in [-0.25, -0.2) is 0 Å². The number of rotatable bonds is 2. The van der Waals surface area contributed by atoms with Gasteiger partial charge in [-0.1, -0.05) is 0 Å². The first-order chi connectivity index (χ1) is 7.09. The Balaban J connectivity index is 2.25. The second-order valence-corrected chi connectivity index (χ2v) is 4.41. The van der Waals surface area contributed by atoms with E-state index in [4.69, 9.17) is 0 Å². The number of piperidine rings is 1. The van der Waals surface area contributed by atoms with Gasteiger partial charge in [0.15, 0.2) is 5.41 Å². The average Bonchev–Trinajstić information content (AvgIpc) is 2.88. The predicted molar refractivity (Wildman–Crippen MR) is 51.2 cm³/mol. The molecule has 0 aromatic carbocycles. The minimum Gasteiger partial charge on any atom is -0.480 e. The monoisotopic (exact) mass is 213 g/mol. The molecule has 2 aliphatic rings. The molecule has 2 N–H and O–H groups in total. The van der Waals surface area contributed by atoms with Crippen molar-refractivity contribution in [1.29, 1.82) is 0 Å². The highest BCUT2D eigenvalue weighted by Gasteiger charge is 2.77. The topological polar surface area (TPSA) is 75.6 Å². The first-order valence-corrected chi connectivity index (χ1v) is 5.12. The fourth-order valence-corrected chi connectivity index (χ4v) is 2.82. The molecule has 15 heavy (non-hydrogen) atoms. The number of carbonyl (C=O) groups excluding carboxylic acids is 1. The molecule has 84 valence electrons. The summed E-state index contributed by atoms with van der Waals surface area (Å²) < 4.78 is 4.63. The Labute approximate surface area is 87.8 Å². The van der Waals surface area contributed by atoms with E-state index in [-0.39, 0.29) is 5.41 Å². The summed E-state index contributed by atoms with van der Waals surface area (Å²) in [6.45, 7) is 1.57. The summed E-state index contributed by atoms with van der Waals surface area (Å²) in [7, 11) is 1.25. The third-order valence-corrected chi connectivity index (χ3v) is 3.84. The van der Waals surface area contributed by atoms with E-state index in [1.807, 2.05) is 0 Å². The van der Waals surface area contributed by atoms with Crippen molar-refractivity contribution in [3.8, 4) is 0 Å². The lowest BCUT2D eigenvalue weighted by Gasteiger charge is -2.26. The van der Waals surface area contributed by atoms with Crippen LogP contribution in [-0.4, -0.2) is 37.2 Å². The highest BCUT2D eigenvalue weighted by atomic mass is 16.5. The van der Waals surface area contributed by atoms with E-state index < -0.39 is 17.4 Å². The second kappa shape index (κ2) is 3.20. The molecule has 0 radical (unpaired) electrons. The van der Waals surface area contributed by atoms with E-state index in [0.717, 1.165) is 25.9 Å². The standard InChI is InChI=1S/C10H15NO4/c1-15-8(14)10(7(12)13)6-9(10)2-4-11-5-3-9/h11H,2-6H2,1H3,(H,12,13). The summed E-state index contributed by atoms with van der Waals surface area (Å²) in [5, 5.41) is 12.4. The molecule has 5 nitrogen and oxygen atoms in total. The molecule has 0 aromatic heterocycles. The number of hydrogen-bond acceptors (Lipinski definition) is 4. The molecule has 5 heteroatoms. The zero-order valence-electron chi connectivity index (χ0n) is 8.71. The molecule has 1 saturated carbocycles. The highest BCUT2D eigenvalue weighted by Crippen LogP contribution is 2.69. The van der Waals surface area contributed by atoms with Crippen molar-refractivity contribution in [3.63, 3.8) is 0 Å². The van der Waals surface area contributed by atoms with Gasteiger partial charge in [0.2, 0.25) is 0 Å². The number of aliphatic carboxylic acids is 1. The Hall–Kier alpha value is -1.10. The number of carbonyl (C=O) groups is 2. The number of carboxylic acids is 1. The molecule has 1 aliphatic carbocycles. The quantitative estimate of drug-likeness (QED) is 0.499. The van der Waals surface area contributed by atoms with Crippen LogP contribution < -0.4 is 5.32 Å². The van der Waals surface area contributed by atoms with Gasteiger partial charge in [0.1, 0.15) is 0 Å². The Bertz CT molecular complexity index is 309. The molecule has 0 bridgehead atoms. The molecule has 1 aliphatic heterocycles. The van der Waals surface area contributed by atoms with Gasteiger partial charge in [-0.05, 0) is 32.4 Å². The molecule has 2 fully saturated rings. The highest BCUT2D eigenvalue weighted by molar-refractivity contribution is 6.04. The van der Waals surface area contributed by atoms with E-state index in [9.17, 15) is 14.7 Å². The van der Waals surface area contributed by atoms with Crippen LogP contribution in [0.15, 0.2) is 0 Å². The van der Waals surface area contributed by atoms with Gasteiger partial charge in [0.05, 0.1) is 7.11 Å². The molecule has 2 rings (SSSR count). The lowest BCUT2D eigenvalue weighted by Crippen LogP contribution is -2.39. The Morgan fingerprint density at radius 1 is 1.33 bits per heavy atom. The van der Waals surface area contributed by atoms with Gasteiger partial charge >= 0.3 is 11.9 Å². The second-order valence-electron chi connectivity index (χ2n) is 4.41. The summed E-state index contributed by atoms with van der Waals surface area (Å²) in [6.07, 6.45) is 1.92. The van der Waals surface area contributed by atoms with Crippen LogP contribution in [0.3, 0.4) is 0 Å². The molecule has 1 saturated heterocycles. The molecular formula is C10H15NO4. The number of ether oxygens (including phenoxy) is 1. The fourth-order valence-electron chi connectivity index (χ4n) is 2.82. The molecule has 1 unspecified atom stereocenters. The summed E-state index contributed by atoms with van der Waals surface area (Å²) in [6, 6.07) is 0. The number of nitrogens with one attached hydrogen (secondary N) is 1. The molecular weight excluding hydrogens is 198 g/mol. The maximum absolute atomic E-state index is 11.6. The third kappa shape index (κ3) is 1.19. The van der Waals surface area contributed by atoms with Crippen LogP contribution in [0, 0.1) is 10.8 Å². The number of esters is 1. The van der Waals surface area contributed by atoms with Crippen molar-refractivity contribution in [2.45, 2.75) is 19.3 Å². The third-order valence-electron chi connectivity index (χ3n) is 3.84. The molecule has 0 aromatic rings. The normalized spacial score (nSPS) is 32.3. The van der Waals surface area contributed by atoms with Gasteiger partial charge in [0, 0.05) is 5.41 Å².